The smallest absolute Gasteiger partial charge is 0.165 e. The van der Waals surface area contributed by atoms with Crippen LogP contribution in [0.25, 0.3) is 11.1 Å². The summed E-state index contributed by atoms with van der Waals surface area (Å²) in [5.41, 5.74) is 0.331. The average Bonchev–Trinajstić information content (AvgIpc) is 2.52. The standard InChI is InChI=1S/C19H19F4P/c1-10-2-4-11(5-3-10)12-6-14(20)18(15(21)7-12)13-8-16(22)19(23)17(24)9-13/h6-11H,2-5,24H2,1H3. The predicted octanol–water partition coefficient (Wildman–Crippen LogP) is 5.70. The fourth-order valence-corrected chi connectivity index (χ4v) is 3.77. The molecule has 0 nitrogen and oxygen atoms in total. The zero-order valence-electron chi connectivity index (χ0n) is 13.4. The Bertz CT molecular complexity index is 718. The van der Waals surface area contributed by atoms with Crippen LogP contribution >= 0.6 is 9.24 Å². The quantitative estimate of drug-likeness (QED) is 0.479. The Labute approximate surface area is 141 Å². The van der Waals surface area contributed by atoms with E-state index in [4.69, 9.17) is 0 Å². The van der Waals surface area contributed by atoms with Crippen LogP contribution in [0.2, 0.25) is 0 Å². The van der Waals surface area contributed by atoms with Crippen LogP contribution in [-0.4, -0.2) is 0 Å². The monoisotopic (exact) mass is 354 g/mol. The van der Waals surface area contributed by atoms with E-state index in [1.54, 1.807) is 0 Å². The lowest BCUT2D eigenvalue weighted by atomic mass is 9.79. The Morgan fingerprint density at radius 1 is 0.833 bits per heavy atom. The van der Waals surface area contributed by atoms with E-state index in [1.165, 1.54) is 18.2 Å². The Kier molecular flexibility index (Phi) is 4.96. The number of benzene rings is 2. The summed E-state index contributed by atoms with van der Waals surface area (Å²) in [6, 6.07) is 4.73. The minimum absolute atomic E-state index is 0.00211. The average molecular weight is 354 g/mol. The highest BCUT2D eigenvalue weighted by molar-refractivity contribution is 7.27. The van der Waals surface area contributed by atoms with Gasteiger partial charge in [0.15, 0.2) is 11.6 Å². The van der Waals surface area contributed by atoms with Crippen LogP contribution in [0.3, 0.4) is 0 Å². The Morgan fingerprint density at radius 3 is 1.96 bits per heavy atom. The van der Waals surface area contributed by atoms with E-state index in [0.717, 1.165) is 31.7 Å². The Morgan fingerprint density at radius 2 is 1.42 bits per heavy atom. The van der Waals surface area contributed by atoms with Gasteiger partial charge in [0.25, 0.3) is 0 Å². The summed E-state index contributed by atoms with van der Waals surface area (Å²) in [6.45, 7) is 2.18. The minimum Gasteiger partial charge on any atom is -0.206 e. The summed E-state index contributed by atoms with van der Waals surface area (Å²) in [7, 11) is 2.04. The van der Waals surface area contributed by atoms with Crippen molar-refractivity contribution in [1.29, 1.82) is 0 Å². The van der Waals surface area contributed by atoms with Crippen molar-refractivity contribution in [2.45, 2.75) is 38.5 Å². The van der Waals surface area contributed by atoms with Gasteiger partial charge >= 0.3 is 0 Å². The molecule has 0 aromatic heterocycles. The highest BCUT2D eigenvalue weighted by atomic mass is 31.0. The van der Waals surface area contributed by atoms with Crippen molar-refractivity contribution in [3.05, 3.63) is 53.1 Å². The third kappa shape index (κ3) is 3.35. The Balaban J connectivity index is 1.99. The highest BCUT2D eigenvalue weighted by Crippen LogP contribution is 2.38. The first-order valence-electron chi connectivity index (χ1n) is 8.10. The Hall–Kier alpha value is -1.41. The van der Waals surface area contributed by atoms with E-state index in [1.807, 2.05) is 9.24 Å². The highest BCUT2D eigenvalue weighted by Gasteiger charge is 2.23. The van der Waals surface area contributed by atoms with E-state index < -0.39 is 23.3 Å². The van der Waals surface area contributed by atoms with Crippen molar-refractivity contribution in [3.63, 3.8) is 0 Å². The van der Waals surface area contributed by atoms with E-state index in [2.05, 4.69) is 6.92 Å². The van der Waals surface area contributed by atoms with E-state index in [0.29, 0.717) is 11.5 Å². The summed E-state index contributed by atoms with van der Waals surface area (Å²) in [5.74, 6) is -2.82. The molecule has 0 spiro atoms. The van der Waals surface area contributed by atoms with Crippen molar-refractivity contribution < 1.29 is 17.6 Å². The molecule has 0 aliphatic heterocycles. The normalized spacial score (nSPS) is 21.1. The van der Waals surface area contributed by atoms with E-state index in [9.17, 15) is 17.6 Å². The molecule has 0 bridgehead atoms. The summed E-state index contributed by atoms with van der Waals surface area (Å²) in [5, 5.41) is -0.0610. The van der Waals surface area contributed by atoms with Crippen LogP contribution in [0.1, 0.15) is 44.1 Å². The maximum Gasteiger partial charge on any atom is 0.165 e. The van der Waals surface area contributed by atoms with Gasteiger partial charge in [-0.15, -0.1) is 9.24 Å². The third-order valence-electron chi connectivity index (χ3n) is 4.90. The molecule has 1 unspecified atom stereocenters. The molecular weight excluding hydrogens is 335 g/mol. The summed E-state index contributed by atoms with van der Waals surface area (Å²) in [6.07, 6.45) is 3.94. The molecule has 2 aromatic rings. The van der Waals surface area contributed by atoms with E-state index in [-0.39, 0.29) is 22.3 Å². The summed E-state index contributed by atoms with van der Waals surface area (Å²) in [4.78, 5) is 0. The zero-order valence-corrected chi connectivity index (χ0v) is 14.5. The van der Waals surface area contributed by atoms with Gasteiger partial charge in [0.2, 0.25) is 0 Å². The molecule has 128 valence electrons. The van der Waals surface area contributed by atoms with Crippen LogP contribution in [-0.2, 0) is 0 Å². The van der Waals surface area contributed by atoms with Crippen LogP contribution in [0.15, 0.2) is 24.3 Å². The number of hydrogen-bond acceptors (Lipinski definition) is 0. The molecular formula is C19H19F4P. The van der Waals surface area contributed by atoms with Gasteiger partial charge < -0.3 is 0 Å². The molecule has 1 fully saturated rings. The van der Waals surface area contributed by atoms with Gasteiger partial charge in [-0.3, -0.25) is 0 Å². The number of halogens is 4. The van der Waals surface area contributed by atoms with Crippen molar-refractivity contribution in [1.82, 2.24) is 0 Å². The lowest BCUT2D eigenvalue weighted by Crippen LogP contribution is -2.11. The molecule has 3 rings (SSSR count). The summed E-state index contributed by atoms with van der Waals surface area (Å²) < 4.78 is 56.0. The molecule has 1 saturated carbocycles. The lowest BCUT2D eigenvalue weighted by molar-refractivity contribution is 0.346. The second kappa shape index (κ2) is 6.84. The molecule has 1 aliphatic rings. The fourth-order valence-electron chi connectivity index (χ4n) is 3.45. The van der Waals surface area contributed by atoms with Crippen LogP contribution in [0, 0.1) is 29.2 Å². The first kappa shape index (κ1) is 17.4. The fraction of sp³-hybridized carbons (Fsp3) is 0.368. The molecule has 0 radical (unpaired) electrons. The first-order chi connectivity index (χ1) is 11.4. The second-order valence-corrected chi connectivity index (χ2v) is 7.30. The van der Waals surface area contributed by atoms with Gasteiger partial charge in [-0.05, 0) is 60.1 Å². The molecule has 24 heavy (non-hydrogen) atoms. The van der Waals surface area contributed by atoms with Gasteiger partial charge in [0, 0.05) is 5.30 Å². The van der Waals surface area contributed by atoms with Crippen molar-refractivity contribution in [2.75, 3.05) is 0 Å². The molecule has 1 atom stereocenters. The maximum atomic E-state index is 14.5. The van der Waals surface area contributed by atoms with Gasteiger partial charge in [-0.2, -0.15) is 0 Å². The minimum atomic E-state index is -1.12. The lowest BCUT2D eigenvalue weighted by Gasteiger charge is -2.26. The van der Waals surface area contributed by atoms with Crippen LogP contribution < -0.4 is 5.30 Å². The van der Waals surface area contributed by atoms with Gasteiger partial charge in [0.05, 0.1) is 5.56 Å². The van der Waals surface area contributed by atoms with Crippen molar-refractivity contribution >= 4 is 14.5 Å². The van der Waals surface area contributed by atoms with Crippen LogP contribution in [0.4, 0.5) is 17.6 Å². The van der Waals surface area contributed by atoms with Crippen molar-refractivity contribution in [3.8, 4) is 11.1 Å². The SMILES string of the molecule is CC1CCC(c2cc(F)c(-c3cc(F)c(F)c(P)c3)c(F)c2)CC1. The molecule has 2 aromatic carbocycles. The van der Waals surface area contributed by atoms with E-state index >= 15 is 0 Å². The van der Waals surface area contributed by atoms with Gasteiger partial charge in [-0.1, -0.05) is 19.8 Å². The zero-order chi connectivity index (χ0) is 17.4. The predicted molar refractivity (Wildman–Crippen MR) is 91.4 cm³/mol. The summed E-state index contributed by atoms with van der Waals surface area (Å²) >= 11 is 0. The number of hydrogen-bond donors (Lipinski definition) is 0. The second-order valence-electron chi connectivity index (χ2n) is 6.68. The van der Waals surface area contributed by atoms with Crippen molar-refractivity contribution in [2.24, 2.45) is 5.92 Å². The third-order valence-corrected chi connectivity index (χ3v) is 5.32. The largest absolute Gasteiger partial charge is 0.206 e. The van der Waals surface area contributed by atoms with Gasteiger partial charge in [0.1, 0.15) is 11.6 Å². The molecule has 0 saturated heterocycles. The topological polar surface area (TPSA) is 0 Å². The maximum absolute atomic E-state index is 14.5. The van der Waals surface area contributed by atoms with Gasteiger partial charge in [-0.25, -0.2) is 17.6 Å². The molecule has 1 aliphatic carbocycles. The first-order valence-corrected chi connectivity index (χ1v) is 8.68. The number of rotatable bonds is 2. The molecule has 0 N–H and O–H groups in total. The molecule has 0 amide bonds. The molecule has 0 heterocycles. The van der Waals surface area contributed by atoms with Crippen LogP contribution in [0.5, 0.6) is 0 Å². The molecule has 5 heteroatoms.